The van der Waals surface area contributed by atoms with Crippen LogP contribution < -0.4 is 16.4 Å². The molecule has 1 aromatic carbocycles. The van der Waals surface area contributed by atoms with Crippen LogP contribution >= 0.6 is 0 Å². The van der Waals surface area contributed by atoms with E-state index in [1.54, 1.807) is 30.3 Å². The van der Waals surface area contributed by atoms with E-state index < -0.39 is 11.8 Å². The number of aromatic nitrogens is 2. The molecule has 20 heavy (non-hydrogen) atoms. The molecule has 0 fully saturated rings. The molecule has 0 unspecified atom stereocenters. The molecule has 102 valence electrons. The lowest BCUT2D eigenvalue weighted by molar-refractivity contribution is 0.0842. The van der Waals surface area contributed by atoms with Gasteiger partial charge in [-0.2, -0.15) is 5.10 Å². The van der Waals surface area contributed by atoms with Crippen LogP contribution in [0.5, 0.6) is 0 Å². The lowest BCUT2D eigenvalue weighted by atomic mass is 10.2. The van der Waals surface area contributed by atoms with E-state index >= 15 is 0 Å². The summed E-state index contributed by atoms with van der Waals surface area (Å²) in [6.45, 7) is 0. The number of rotatable bonds is 2. The summed E-state index contributed by atoms with van der Waals surface area (Å²) in [4.78, 5) is 34.6. The van der Waals surface area contributed by atoms with Crippen molar-refractivity contribution in [3.05, 3.63) is 64.1 Å². The van der Waals surface area contributed by atoms with Crippen molar-refractivity contribution in [3.8, 4) is 0 Å². The van der Waals surface area contributed by atoms with E-state index in [0.29, 0.717) is 5.56 Å². The molecule has 0 aliphatic rings. The average molecular weight is 272 g/mol. The summed E-state index contributed by atoms with van der Waals surface area (Å²) in [6, 6.07) is 10.9. The van der Waals surface area contributed by atoms with E-state index in [2.05, 4.69) is 16.0 Å². The Kier molecular flexibility index (Phi) is 3.90. The van der Waals surface area contributed by atoms with Crippen molar-refractivity contribution in [1.82, 2.24) is 20.6 Å². The molecule has 0 radical (unpaired) electrons. The van der Waals surface area contributed by atoms with Crippen molar-refractivity contribution in [2.75, 3.05) is 0 Å². The molecule has 0 aliphatic carbocycles. The van der Waals surface area contributed by atoms with Crippen molar-refractivity contribution < 1.29 is 9.59 Å². The molecule has 0 atom stereocenters. The van der Waals surface area contributed by atoms with Crippen LogP contribution in [0.2, 0.25) is 0 Å². The number of benzene rings is 1. The molecular weight excluding hydrogens is 260 g/mol. The summed E-state index contributed by atoms with van der Waals surface area (Å²) in [5, 5.41) is 3.76. The van der Waals surface area contributed by atoms with Gasteiger partial charge in [0.25, 0.3) is 17.4 Å². The maximum absolute atomic E-state index is 11.7. The Bertz CT molecular complexity index is 694. The number of carbonyl (C=O) groups is 2. The molecule has 2 N–H and O–H groups in total. The van der Waals surface area contributed by atoms with E-state index in [-0.39, 0.29) is 11.3 Å². The lowest BCUT2D eigenvalue weighted by Gasteiger charge is -2.07. The van der Waals surface area contributed by atoms with Crippen LogP contribution in [0.1, 0.15) is 20.8 Å². The molecule has 0 aliphatic heterocycles. The van der Waals surface area contributed by atoms with Crippen LogP contribution in [-0.2, 0) is 7.05 Å². The van der Waals surface area contributed by atoms with Gasteiger partial charge in [0.15, 0.2) is 5.69 Å². The third-order valence-electron chi connectivity index (χ3n) is 2.52. The van der Waals surface area contributed by atoms with Crippen molar-refractivity contribution in [2.24, 2.45) is 7.05 Å². The highest BCUT2D eigenvalue weighted by Gasteiger charge is 2.10. The van der Waals surface area contributed by atoms with Crippen molar-refractivity contribution in [3.63, 3.8) is 0 Å². The van der Waals surface area contributed by atoms with Gasteiger partial charge in [-0.1, -0.05) is 18.2 Å². The Morgan fingerprint density at radius 2 is 1.65 bits per heavy atom. The maximum Gasteiger partial charge on any atom is 0.290 e. The number of carbonyl (C=O) groups excluding carboxylic acids is 2. The minimum atomic E-state index is -0.607. The first-order valence-corrected chi connectivity index (χ1v) is 5.78. The van der Waals surface area contributed by atoms with Gasteiger partial charge in [0, 0.05) is 18.7 Å². The molecule has 0 saturated carbocycles. The maximum atomic E-state index is 11.7. The smallest absolute Gasteiger partial charge is 0.268 e. The summed E-state index contributed by atoms with van der Waals surface area (Å²) < 4.78 is 1.04. The van der Waals surface area contributed by atoms with Gasteiger partial charge in [-0.15, -0.1) is 0 Å². The molecule has 0 saturated heterocycles. The monoisotopic (exact) mass is 272 g/mol. The lowest BCUT2D eigenvalue weighted by Crippen LogP contribution is -2.42. The van der Waals surface area contributed by atoms with Crippen molar-refractivity contribution in [1.29, 1.82) is 0 Å². The molecule has 7 heteroatoms. The summed E-state index contributed by atoms with van der Waals surface area (Å²) in [5.74, 6) is -1.05. The molecule has 2 rings (SSSR count). The number of amides is 2. The van der Waals surface area contributed by atoms with Crippen molar-refractivity contribution >= 4 is 11.8 Å². The second-order valence-corrected chi connectivity index (χ2v) is 3.95. The van der Waals surface area contributed by atoms with E-state index in [1.165, 1.54) is 19.2 Å². The molecule has 1 heterocycles. The SMILES string of the molecule is Cn1nc(C(=O)NNC(=O)c2ccccc2)ccc1=O. The van der Waals surface area contributed by atoms with Crippen molar-refractivity contribution in [2.45, 2.75) is 0 Å². The second-order valence-electron chi connectivity index (χ2n) is 3.95. The van der Waals surface area contributed by atoms with Crippen LogP contribution in [0, 0.1) is 0 Å². The van der Waals surface area contributed by atoms with Gasteiger partial charge >= 0.3 is 0 Å². The molecule has 2 aromatic rings. The molecular formula is C13H12N4O3. The van der Waals surface area contributed by atoms with Gasteiger partial charge < -0.3 is 0 Å². The second kappa shape index (κ2) is 5.79. The highest BCUT2D eigenvalue weighted by molar-refractivity contribution is 5.98. The number of nitrogens with one attached hydrogen (secondary N) is 2. The van der Waals surface area contributed by atoms with Gasteiger partial charge in [0.2, 0.25) is 0 Å². The fraction of sp³-hybridized carbons (Fsp3) is 0.0769. The van der Waals surface area contributed by atoms with Gasteiger partial charge in [0.1, 0.15) is 0 Å². The van der Waals surface area contributed by atoms with E-state index in [1.807, 2.05) is 0 Å². The Morgan fingerprint density at radius 3 is 2.30 bits per heavy atom. The molecule has 2 amide bonds. The molecule has 7 nitrogen and oxygen atoms in total. The number of hydrazine groups is 1. The van der Waals surface area contributed by atoms with Crippen LogP contribution in [0.15, 0.2) is 47.3 Å². The summed E-state index contributed by atoms with van der Waals surface area (Å²) in [6.07, 6.45) is 0. The summed E-state index contributed by atoms with van der Waals surface area (Å²) >= 11 is 0. The highest BCUT2D eigenvalue weighted by Crippen LogP contribution is 1.97. The number of hydrogen-bond acceptors (Lipinski definition) is 4. The Balaban J connectivity index is 2.00. The zero-order valence-corrected chi connectivity index (χ0v) is 10.7. The topological polar surface area (TPSA) is 93.1 Å². The zero-order chi connectivity index (χ0) is 14.5. The first-order valence-electron chi connectivity index (χ1n) is 5.78. The largest absolute Gasteiger partial charge is 0.290 e. The molecule has 0 spiro atoms. The van der Waals surface area contributed by atoms with Gasteiger partial charge in [0.05, 0.1) is 0 Å². The fourth-order valence-corrected chi connectivity index (χ4v) is 1.46. The van der Waals surface area contributed by atoms with Crippen LogP contribution in [0.4, 0.5) is 0 Å². The van der Waals surface area contributed by atoms with E-state index in [4.69, 9.17) is 0 Å². The summed E-state index contributed by atoms with van der Waals surface area (Å²) in [5.41, 5.74) is 4.61. The van der Waals surface area contributed by atoms with Crippen LogP contribution in [-0.4, -0.2) is 21.6 Å². The average Bonchev–Trinajstić information content (AvgIpc) is 2.48. The third-order valence-corrected chi connectivity index (χ3v) is 2.52. The Morgan fingerprint density at radius 1 is 1.00 bits per heavy atom. The molecule has 0 bridgehead atoms. The van der Waals surface area contributed by atoms with Gasteiger partial charge in [-0.3, -0.25) is 25.2 Å². The number of nitrogens with zero attached hydrogens (tertiary/aromatic N) is 2. The number of hydrogen-bond donors (Lipinski definition) is 2. The van der Waals surface area contributed by atoms with E-state index in [9.17, 15) is 14.4 Å². The third kappa shape index (κ3) is 3.08. The zero-order valence-electron chi connectivity index (χ0n) is 10.7. The van der Waals surface area contributed by atoms with E-state index in [0.717, 1.165) is 4.68 Å². The first kappa shape index (κ1) is 13.5. The highest BCUT2D eigenvalue weighted by atomic mass is 16.2. The summed E-state index contributed by atoms with van der Waals surface area (Å²) in [7, 11) is 1.43. The number of aryl methyl sites for hydroxylation is 1. The quantitative estimate of drug-likeness (QED) is 0.744. The normalized spacial score (nSPS) is 9.85. The van der Waals surface area contributed by atoms with Gasteiger partial charge in [-0.05, 0) is 18.2 Å². The first-order chi connectivity index (χ1) is 9.58. The predicted molar refractivity (Wildman–Crippen MR) is 70.9 cm³/mol. The Hall–Kier alpha value is -2.96. The van der Waals surface area contributed by atoms with Crippen LogP contribution in [0.3, 0.4) is 0 Å². The minimum absolute atomic E-state index is 0.0282. The fourth-order valence-electron chi connectivity index (χ4n) is 1.46. The molecule has 1 aromatic heterocycles. The van der Waals surface area contributed by atoms with Crippen LogP contribution in [0.25, 0.3) is 0 Å². The minimum Gasteiger partial charge on any atom is -0.268 e. The Labute approximate surface area is 114 Å². The predicted octanol–water partition coefficient (Wildman–Crippen LogP) is -0.145. The van der Waals surface area contributed by atoms with Gasteiger partial charge in [-0.25, -0.2) is 4.68 Å². The standard InChI is InChI=1S/C13H12N4O3/c1-17-11(18)8-7-10(16-17)13(20)15-14-12(19)9-5-3-2-4-6-9/h2-8H,1H3,(H,14,19)(H,15,20).